The van der Waals surface area contributed by atoms with Crippen molar-refractivity contribution in [2.45, 2.75) is 43.9 Å². The summed E-state index contributed by atoms with van der Waals surface area (Å²) < 4.78 is 5.31. The zero-order valence-corrected chi connectivity index (χ0v) is 20.1. The van der Waals surface area contributed by atoms with Crippen LogP contribution in [0.15, 0.2) is 59.6 Å². The minimum absolute atomic E-state index is 0.0376. The normalized spacial score (nSPS) is 29.3. The van der Waals surface area contributed by atoms with E-state index >= 15 is 0 Å². The average Bonchev–Trinajstić information content (AvgIpc) is 3.18. The lowest BCUT2D eigenvalue weighted by atomic mass is 9.61. The number of hydrogen-bond donors (Lipinski definition) is 1. The Kier molecular flexibility index (Phi) is 5.38. The maximum absolute atomic E-state index is 6.24. The molecule has 3 unspecified atom stereocenters. The van der Waals surface area contributed by atoms with Crippen LogP contribution in [0, 0.1) is 11.3 Å². The number of nitrogens with two attached hydrogens (primary N) is 1. The molecule has 2 heterocycles. The number of methoxy groups -OCH3 is 1. The number of hydrogen-bond acceptors (Lipinski definition) is 5. The van der Waals surface area contributed by atoms with Crippen LogP contribution in [-0.4, -0.2) is 28.8 Å². The van der Waals surface area contributed by atoms with Crippen molar-refractivity contribution in [3.63, 3.8) is 0 Å². The van der Waals surface area contributed by atoms with E-state index in [0.717, 1.165) is 29.5 Å². The van der Waals surface area contributed by atoms with Crippen molar-refractivity contribution < 1.29 is 4.74 Å². The van der Waals surface area contributed by atoms with Crippen molar-refractivity contribution in [1.82, 2.24) is 0 Å². The van der Waals surface area contributed by atoms with Gasteiger partial charge in [-0.1, -0.05) is 62.0 Å². The first kappa shape index (κ1) is 21.0. The van der Waals surface area contributed by atoms with Crippen LogP contribution >= 0.6 is 23.5 Å². The van der Waals surface area contributed by atoms with E-state index < -0.39 is 0 Å². The lowest BCUT2D eigenvalue weighted by Crippen LogP contribution is -2.51. The van der Waals surface area contributed by atoms with Crippen LogP contribution in [-0.2, 0) is 0 Å². The molecule has 0 radical (unpaired) electrons. The molecule has 1 fully saturated rings. The minimum Gasteiger partial charge on any atom is -0.497 e. The van der Waals surface area contributed by atoms with Gasteiger partial charge in [0.1, 0.15) is 5.75 Å². The number of fused-ring (bicyclic) bond motifs is 2. The lowest BCUT2D eigenvalue weighted by Gasteiger charge is -2.50. The summed E-state index contributed by atoms with van der Waals surface area (Å²) in [7, 11) is 1.70. The van der Waals surface area contributed by atoms with Crippen LogP contribution in [0.3, 0.4) is 0 Å². The van der Waals surface area contributed by atoms with Crippen LogP contribution < -0.4 is 10.5 Å². The highest BCUT2D eigenvalue weighted by atomic mass is 32.2. The molecule has 0 bridgehead atoms. The summed E-state index contributed by atoms with van der Waals surface area (Å²) in [6, 6.07) is 17.2. The van der Waals surface area contributed by atoms with Crippen LogP contribution in [0.2, 0.25) is 0 Å². The third kappa shape index (κ3) is 4.03. The van der Waals surface area contributed by atoms with E-state index in [-0.39, 0.29) is 11.0 Å². The molecule has 5 rings (SSSR count). The van der Waals surface area contributed by atoms with Crippen LogP contribution in [0.1, 0.15) is 38.7 Å². The molecule has 2 aromatic carbocycles. The third-order valence-electron chi connectivity index (χ3n) is 6.86. The van der Waals surface area contributed by atoms with Gasteiger partial charge < -0.3 is 10.5 Å². The molecule has 0 aromatic heterocycles. The zero-order valence-electron chi connectivity index (χ0n) is 18.4. The van der Waals surface area contributed by atoms with Gasteiger partial charge in [-0.3, -0.25) is 4.99 Å². The molecule has 3 aliphatic rings. The van der Waals surface area contributed by atoms with E-state index in [1.807, 2.05) is 12.1 Å². The molecule has 2 aromatic rings. The van der Waals surface area contributed by atoms with Gasteiger partial charge >= 0.3 is 0 Å². The smallest absolute Gasteiger partial charge is 0.154 e. The van der Waals surface area contributed by atoms with Gasteiger partial charge in [0.25, 0.3) is 0 Å². The van der Waals surface area contributed by atoms with Crippen LogP contribution in [0.25, 0.3) is 16.0 Å². The van der Waals surface area contributed by atoms with Gasteiger partial charge in [0.05, 0.1) is 12.6 Å². The average molecular weight is 451 g/mol. The monoisotopic (exact) mass is 450 g/mol. The molecule has 2 aliphatic heterocycles. The Morgan fingerprint density at radius 1 is 1.06 bits per heavy atom. The van der Waals surface area contributed by atoms with E-state index in [1.54, 1.807) is 18.9 Å². The highest BCUT2D eigenvalue weighted by Gasteiger charge is 2.53. The van der Waals surface area contributed by atoms with Gasteiger partial charge in [0.2, 0.25) is 0 Å². The molecular weight excluding hydrogens is 420 g/mol. The second-order valence-electron chi connectivity index (χ2n) is 9.72. The SMILES string of the molecule is COc1ccc(-c2cccc(C3=CC4C(CC(C)(C)CC45CCSC(N)=N5)S3)c2)cc1. The minimum atomic E-state index is -0.0376. The zero-order chi connectivity index (χ0) is 21.6. The van der Waals surface area contributed by atoms with Gasteiger partial charge in [-0.2, -0.15) is 0 Å². The van der Waals surface area contributed by atoms with Crippen LogP contribution in [0.5, 0.6) is 5.75 Å². The van der Waals surface area contributed by atoms with Crippen molar-refractivity contribution in [1.29, 1.82) is 0 Å². The topological polar surface area (TPSA) is 47.6 Å². The Morgan fingerprint density at radius 2 is 1.84 bits per heavy atom. The third-order valence-corrected chi connectivity index (χ3v) is 9.04. The molecule has 3 atom stereocenters. The maximum atomic E-state index is 6.24. The maximum Gasteiger partial charge on any atom is 0.154 e. The van der Waals surface area contributed by atoms with Crippen molar-refractivity contribution in [3.8, 4) is 16.9 Å². The molecule has 0 saturated heterocycles. The fraction of sp³-hybridized carbons (Fsp3) is 0.423. The molecule has 31 heavy (non-hydrogen) atoms. The van der Waals surface area contributed by atoms with Crippen molar-refractivity contribution in [2.75, 3.05) is 12.9 Å². The van der Waals surface area contributed by atoms with Crippen molar-refractivity contribution >= 4 is 33.6 Å². The highest BCUT2D eigenvalue weighted by Crippen LogP contribution is 2.59. The van der Waals surface area contributed by atoms with Gasteiger partial charge in [0, 0.05) is 21.8 Å². The summed E-state index contributed by atoms with van der Waals surface area (Å²) in [6.07, 6.45) is 5.99. The summed E-state index contributed by atoms with van der Waals surface area (Å²) in [5.74, 6) is 2.43. The lowest BCUT2D eigenvalue weighted by molar-refractivity contribution is 0.119. The quantitative estimate of drug-likeness (QED) is 0.584. The number of benzene rings is 2. The summed E-state index contributed by atoms with van der Waals surface area (Å²) >= 11 is 3.76. The number of amidine groups is 1. The predicted octanol–water partition coefficient (Wildman–Crippen LogP) is 6.45. The Labute approximate surface area is 193 Å². The molecule has 1 aliphatic carbocycles. The highest BCUT2D eigenvalue weighted by molar-refractivity contribution is 8.13. The van der Waals surface area contributed by atoms with Crippen LogP contribution in [0.4, 0.5) is 0 Å². The molecule has 1 spiro atoms. The Morgan fingerprint density at radius 3 is 2.58 bits per heavy atom. The van der Waals surface area contributed by atoms with Crippen molar-refractivity contribution in [3.05, 3.63) is 60.2 Å². The first-order valence-electron chi connectivity index (χ1n) is 11.0. The van der Waals surface area contributed by atoms with Gasteiger partial charge in [-0.15, -0.1) is 11.8 Å². The molecule has 3 nitrogen and oxygen atoms in total. The van der Waals surface area contributed by atoms with E-state index in [2.05, 4.69) is 68.1 Å². The summed E-state index contributed by atoms with van der Waals surface area (Å²) in [5, 5.41) is 1.35. The Hall–Kier alpha value is -1.85. The van der Waals surface area contributed by atoms with Crippen molar-refractivity contribution in [2.24, 2.45) is 22.1 Å². The van der Waals surface area contributed by atoms with Gasteiger partial charge in [-0.05, 0) is 59.6 Å². The molecule has 5 heteroatoms. The Balaban J connectivity index is 1.49. The fourth-order valence-corrected chi connectivity index (χ4v) is 8.33. The predicted molar refractivity (Wildman–Crippen MR) is 136 cm³/mol. The molecule has 1 saturated carbocycles. The number of aliphatic imine (C=N–C) groups is 1. The second kappa shape index (κ2) is 7.93. The van der Waals surface area contributed by atoms with Gasteiger partial charge in [-0.25, -0.2) is 0 Å². The molecular formula is C26H30N2OS2. The number of ether oxygens (including phenoxy) is 1. The number of thioether (sulfide) groups is 2. The first-order chi connectivity index (χ1) is 14.9. The largest absolute Gasteiger partial charge is 0.497 e. The number of nitrogens with zero attached hydrogens (tertiary/aromatic N) is 1. The molecule has 0 amide bonds. The summed E-state index contributed by atoms with van der Waals surface area (Å²) in [4.78, 5) is 6.51. The van der Waals surface area contributed by atoms with E-state index in [4.69, 9.17) is 15.5 Å². The first-order valence-corrected chi connectivity index (χ1v) is 12.9. The number of rotatable bonds is 3. The fourth-order valence-electron chi connectivity index (χ4n) is 5.59. The van der Waals surface area contributed by atoms with E-state index in [1.165, 1.54) is 28.0 Å². The van der Waals surface area contributed by atoms with Gasteiger partial charge in [0.15, 0.2) is 5.17 Å². The van der Waals surface area contributed by atoms with E-state index in [9.17, 15) is 0 Å². The van der Waals surface area contributed by atoms with E-state index in [0.29, 0.717) is 11.2 Å². The Bertz CT molecular complexity index is 1040. The summed E-state index contributed by atoms with van der Waals surface area (Å²) in [6.45, 7) is 4.81. The summed E-state index contributed by atoms with van der Waals surface area (Å²) in [5.41, 5.74) is 10.2. The standard InChI is InChI=1S/C26H30N2OS2/c1-25(2)15-23-21(26(16-25)11-12-30-24(27)28-26)14-22(31-23)19-6-4-5-18(13-19)17-7-9-20(29-3)10-8-17/h4-10,13-14,21,23H,11-12,15-16H2,1-3H3,(H2,27,28). The molecule has 162 valence electrons. The molecule has 2 N–H and O–H groups in total. The second-order valence-corrected chi connectivity index (χ2v) is 12.1.